The van der Waals surface area contributed by atoms with Gasteiger partial charge in [0.15, 0.2) is 0 Å². The van der Waals surface area contributed by atoms with Crippen LogP contribution in [-0.4, -0.2) is 5.91 Å². The van der Waals surface area contributed by atoms with Gasteiger partial charge >= 0.3 is 0 Å². The lowest BCUT2D eigenvalue weighted by atomic mass is 10.1. The Balaban J connectivity index is 1.54. The summed E-state index contributed by atoms with van der Waals surface area (Å²) in [6.45, 7) is 0.489. The lowest BCUT2D eigenvalue weighted by Gasteiger charge is -2.03. The maximum absolute atomic E-state index is 12.8. The molecule has 2 aromatic heterocycles. The summed E-state index contributed by atoms with van der Waals surface area (Å²) in [6.07, 6.45) is 3.58. The fourth-order valence-corrected chi connectivity index (χ4v) is 2.92. The molecule has 2 heterocycles. The SMILES string of the molecule is O=C(Cc1ccc(F)cc1)NCc1cc(-c2ccoc2)cs1. The quantitative estimate of drug-likeness (QED) is 0.773. The van der Waals surface area contributed by atoms with Crippen LogP contribution in [0.25, 0.3) is 11.1 Å². The van der Waals surface area contributed by atoms with Gasteiger partial charge in [-0.05, 0) is 40.8 Å². The van der Waals surface area contributed by atoms with Gasteiger partial charge in [-0.2, -0.15) is 0 Å². The molecule has 0 saturated heterocycles. The highest BCUT2D eigenvalue weighted by Gasteiger charge is 2.07. The van der Waals surface area contributed by atoms with Crippen molar-refractivity contribution in [2.45, 2.75) is 13.0 Å². The summed E-state index contributed by atoms with van der Waals surface area (Å²) >= 11 is 1.59. The molecule has 1 aromatic carbocycles. The van der Waals surface area contributed by atoms with Crippen molar-refractivity contribution in [1.82, 2.24) is 5.32 Å². The topological polar surface area (TPSA) is 42.2 Å². The summed E-state index contributed by atoms with van der Waals surface area (Å²) < 4.78 is 17.9. The number of halogens is 1. The van der Waals surface area contributed by atoms with Crippen LogP contribution in [0, 0.1) is 5.82 Å². The van der Waals surface area contributed by atoms with Gasteiger partial charge in [0, 0.05) is 10.4 Å². The molecule has 112 valence electrons. The van der Waals surface area contributed by atoms with Crippen LogP contribution in [0.4, 0.5) is 4.39 Å². The molecule has 0 saturated carbocycles. The van der Waals surface area contributed by atoms with Crippen LogP contribution in [-0.2, 0) is 17.8 Å². The first-order valence-corrected chi connectivity index (χ1v) is 7.70. The molecule has 0 spiro atoms. The number of benzene rings is 1. The Morgan fingerprint density at radius 3 is 2.73 bits per heavy atom. The van der Waals surface area contributed by atoms with Crippen molar-refractivity contribution in [3.8, 4) is 11.1 Å². The van der Waals surface area contributed by atoms with E-state index in [1.165, 1.54) is 12.1 Å². The molecular weight excluding hydrogens is 301 g/mol. The van der Waals surface area contributed by atoms with E-state index >= 15 is 0 Å². The van der Waals surface area contributed by atoms with E-state index in [0.29, 0.717) is 6.54 Å². The summed E-state index contributed by atoms with van der Waals surface area (Å²) in [6, 6.07) is 9.90. The van der Waals surface area contributed by atoms with E-state index in [-0.39, 0.29) is 18.1 Å². The van der Waals surface area contributed by atoms with Gasteiger partial charge in [0.1, 0.15) is 5.82 Å². The van der Waals surface area contributed by atoms with E-state index in [4.69, 9.17) is 4.42 Å². The smallest absolute Gasteiger partial charge is 0.224 e. The zero-order valence-corrected chi connectivity index (χ0v) is 12.5. The van der Waals surface area contributed by atoms with Crippen LogP contribution in [0.15, 0.2) is 58.7 Å². The summed E-state index contributed by atoms with van der Waals surface area (Å²) in [5.74, 6) is -0.376. The number of rotatable bonds is 5. The number of furan rings is 1. The van der Waals surface area contributed by atoms with Gasteiger partial charge in [0.05, 0.1) is 25.5 Å². The molecule has 0 bridgehead atoms. The Morgan fingerprint density at radius 1 is 1.18 bits per heavy atom. The Labute approximate surface area is 131 Å². The first-order chi connectivity index (χ1) is 10.7. The second kappa shape index (κ2) is 6.58. The summed E-state index contributed by atoms with van der Waals surface area (Å²) in [7, 11) is 0. The van der Waals surface area contributed by atoms with E-state index in [1.54, 1.807) is 36.0 Å². The fourth-order valence-electron chi connectivity index (χ4n) is 2.09. The average molecular weight is 315 g/mol. The lowest BCUT2D eigenvalue weighted by Crippen LogP contribution is -2.24. The minimum Gasteiger partial charge on any atom is -0.472 e. The largest absolute Gasteiger partial charge is 0.472 e. The average Bonchev–Trinajstić information content (AvgIpc) is 3.18. The van der Waals surface area contributed by atoms with Gasteiger partial charge in [0.2, 0.25) is 5.91 Å². The number of hydrogen-bond donors (Lipinski definition) is 1. The molecule has 0 aliphatic heterocycles. The Bertz CT molecular complexity index is 747. The van der Waals surface area contributed by atoms with Crippen molar-refractivity contribution < 1.29 is 13.6 Å². The van der Waals surface area contributed by atoms with Crippen LogP contribution in [0.5, 0.6) is 0 Å². The standard InChI is InChI=1S/C17H14FNO2S/c18-15-3-1-12(2-4-15)7-17(20)19-9-16-8-14(11-22-16)13-5-6-21-10-13/h1-6,8,10-11H,7,9H2,(H,19,20). The number of nitrogens with one attached hydrogen (secondary N) is 1. The van der Waals surface area contributed by atoms with Crippen molar-refractivity contribution in [2.75, 3.05) is 0 Å². The first-order valence-electron chi connectivity index (χ1n) is 6.82. The third kappa shape index (κ3) is 3.62. The molecule has 3 rings (SSSR count). The number of amides is 1. The first kappa shape index (κ1) is 14.5. The van der Waals surface area contributed by atoms with Gasteiger partial charge in [-0.15, -0.1) is 11.3 Å². The van der Waals surface area contributed by atoms with Crippen LogP contribution in [0.1, 0.15) is 10.4 Å². The fraction of sp³-hybridized carbons (Fsp3) is 0.118. The Hall–Kier alpha value is -2.40. The van der Waals surface area contributed by atoms with E-state index < -0.39 is 0 Å². The van der Waals surface area contributed by atoms with Crippen molar-refractivity contribution in [3.05, 3.63) is 70.6 Å². The van der Waals surface area contributed by atoms with Gasteiger partial charge in [-0.25, -0.2) is 4.39 Å². The second-order valence-corrected chi connectivity index (χ2v) is 5.89. The number of carbonyl (C=O) groups is 1. The zero-order valence-electron chi connectivity index (χ0n) is 11.7. The predicted octanol–water partition coefficient (Wildman–Crippen LogP) is 4.01. The molecule has 0 aliphatic carbocycles. The van der Waals surface area contributed by atoms with E-state index in [9.17, 15) is 9.18 Å². The highest BCUT2D eigenvalue weighted by atomic mass is 32.1. The van der Waals surface area contributed by atoms with E-state index in [2.05, 4.69) is 5.32 Å². The molecule has 0 radical (unpaired) electrons. The summed E-state index contributed by atoms with van der Waals surface area (Å²) in [5, 5.41) is 4.91. The van der Waals surface area contributed by atoms with Crippen molar-refractivity contribution in [1.29, 1.82) is 0 Å². The molecule has 0 fully saturated rings. The van der Waals surface area contributed by atoms with Crippen LogP contribution >= 0.6 is 11.3 Å². The van der Waals surface area contributed by atoms with Gasteiger partial charge < -0.3 is 9.73 Å². The zero-order chi connectivity index (χ0) is 15.4. The minimum absolute atomic E-state index is 0.0788. The highest BCUT2D eigenvalue weighted by Crippen LogP contribution is 2.25. The van der Waals surface area contributed by atoms with E-state index in [0.717, 1.165) is 21.6 Å². The number of hydrogen-bond acceptors (Lipinski definition) is 3. The molecule has 5 heteroatoms. The molecule has 0 atom stereocenters. The number of thiophene rings is 1. The normalized spacial score (nSPS) is 10.6. The van der Waals surface area contributed by atoms with E-state index in [1.807, 2.05) is 17.5 Å². The van der Waals surface area contributed by atoms with Crippen LogP contribution in [0.2, 0.25) is 0 Å². The van der Waals surface area contributed by atoms with Gasteiger partial charge in [-0.1, -0.05) is 12.1 Å². The highest BCUT2D eigenvalue weighted by molar-refractivity contribution is 7.10. The Kier molecular flexibility index (Phi) is 4.34. The minimum atomic E-state index is -0.297. The summed E-state index contributed by atoms with van der Waals surface area (Å²) in [4.78, 5) is 13.0. The Morgan fingerprint density at radius 2 is 2.00 bits per heavy atom. The maximum Gasteiger partial charge on any atom is 0.224 e. The molecule has 3 nitrogen and oxygen atoms in total. The lowest BCUT2D eigenvalue weighted by molar-refractivity contribution is -0.120. The monoisotopic (exact) mass is 315 g/mol. The summed E-state index contributed by atoms with van der Waals surface area (Å²) in [5.41, 5.74) is 2.91. The molecule has 1 N–H and O–H groups in total. The van der Waals surface area contributed by atoms with Crippen molar-refractivity contribution >= 4 is 17.2 Å². The maximum atomic E-state index is 12.8. The van der Waals surface area contributed by atoms with Crippen LogP contribution < -0.4 is 5.32 Å². The molecule has 0 unspecified atom stereocenters. The molecule has 3 aromatic rings. The van der Waals surface area contributed by atoms with Crippen molar-refractivity contribution in [3.63, 3.8) is 0 Å². The predicted molar refractivity (Wildman–Crippen MR) is 84.0 cm³/mol. The van der Waals surface area contributed by atoms with Gasteiger partial charge in [0.25, 0.3) is 0 Å². The van der Waals surface area contributed by atoms with Crippen LogP contribution in [0.3, 0.4) is 0 Å². The van der Waals surface area contributed by atoms with Crippen molar-refractivity contribution in [2.24, 2.45) is 0 Å². The molecule has 1 amide bonds. The van der Waals surface area contributed by atoms with Gasteiger partial charge in [-0.3, -0.25) is 4.79 Å². The molecular formula is C17H14FNO2S. The third-order valence-electron chi connectivity index (χ3n) is 3.25. The molecule has 0 aliphatic rings. The second-order valence-electron chi connectivity index (χ2n) is 4.89. The number of carbonyl (C=O) groups excluding carboxylic acids is 1. The molecule has 22 heavy (non-hydrogen) atoms. The third-order valence-corrected chi connectivity index (χ3v) is 4.18.